The van der Waals surface area contributed by atoms with Crippen LogP contribution in [-0.2, 0) is 20.9 Å². The maximum Gasteiger partial charge on any atom is 0.349 e. The molecule has 0 aliphatic carbocycles. The van der Waals surface area contributed by atoms with Gasteiger partial charge in [-0.1, -0.05) is 23.7 Å². The molecule has 162 valence electrons. The van der Waals surface area contributed by atoms with Crippen molar-refractivity contribution in [1.82, 2.24) is 5.32 Å². The number of halogens is 1. The van der Waals surface area contributed by atoms with E-state index in [1.54, 1.807) is 45.0 Å². The average Bonchev–Trinajstić information content (AvgIpc) is 2.66. The molecule has 1 amide bonds. The van der Waals surface area contributed by atoms with E-state index in [9.17, 15) is 9.59 Å². The highest BCUT2D eigenvalue weighted by atomic mass is 35.5. The maximum absolute atomic E-state index is 12.1. The molecule has 0 aliphatic heterocycles. The second-order valence-corrected chi connectivity index (χ2v) is 7.85. The van der Waals surface area contributed by atoms with Gasteiger partial charge in [0.2, 0.25) is 0 Å². The van der Waals surface area contributed by atoms with Gasteiger partial charge in [0, 0.05) is 11.6 Å². The van der Waals surface area contributed by atoms with Gasteiger partial charge < -0.3 is 19.5 Å². The standard InChI is InChI=1S/C23H28ClNO5/c1-6-28-22(27)23(4,5)30-19-9-7-17(8-10-19)13-25-20(26)14-29-21-15(2)11-18(24)12-16(21)3/h7-12H,6,13-14H2,1-5H3,(H,25,26). The zero-order valence-corrected chi connectivity index (χ0v) is 18.8. The van der Waals surface area contributed by atoms with Crippen molar-refractivity contribution in [3.63, 3.8) is 0 Å². The lowest BCUT2D eigenvalue weighted by atomic mass is 10.1. The van der Waals surface area contributed by atoms with Crippen LogP contribution in [0.25, 0.3) is 0 Å². The number of hydrogen-bond donors (Lipinski definition) is 1. The maximum atomic E-state index is 12.1. The van der Waals surface area contributed by atoms with Crippen molar-refractivity contribution < 1.29 is 23.8 Å². The number of benzene rings is 2. The van der Waals surface area contributed by atoms with Gasteiger partial charge in [-0.05, 0) is 75.6 Å². The van der Waals surface area contributed by atoms with Gasteiger partial charge >= 0.3 is 5.97 Å². The summed E-state index contributed by atoms with van der Waals surface area (Å²) in [6.45, 7) is 9.40. The van der Waals surface area contributed by atoms with Crippen LogP contribution in [-0.4, -0.2) is 30.7 Å². The van der Waals surface area contributed by atoms with E-state index in [0.717, 1.165) is 16.7 Å². The summed E-state index contributed by atoms with van der Waals surface area (Å²) in [5, 5.41) is 3.46. The Bertz CT molecular complexity index is 870. The number of hydrogen-bond acceptors (Lipinski definition) is 5. The van der Waals surface area contributed by atoms with Gasteiger partial charge in [-0.3, -0.25) is 4.79 Å². The largest absolute Gasteiger partial charge is 0.483 e. The van der Waals surface area contributed by atoms with Crippen LogP contribution in [0, 0.1) is 13.8 Å². The van der Waals surface area contributed by atoms with E-state index in [-0.39, 0.29) is 12.5 Å². The van der Waals surface area contributed by atoms with E-state index in [1.165, 1.54) is 0 Å². The number of nitrogens with one attached hydrogen (secondary N) is 1. The monoisotopic (exact) mass is 433 g/mol. The minimum atomic E-state index is -1.08. The molecular formula is C23H28ClNO5. The number of aryl methyl sites for hydroxylation is 2. The number of amides is 1. The number of carbonyl (C=O) groups excluding carboxylic acids is 2. The molecular weight excluding hydrogens is 406 g/mol. The zero-order valence-electron chi connectivity index (χ0n) is 18.0. The van der Waals surface area contributed by atoms with Gasteiger partial charge in [-0.2, -0.15) is 0 Å². The minimum absolute atomic E-state index is 0.0851. The van der Waals surface area contributed by atoms with Crippen molar-refractivity contribution >= 4 is 23.5 Å². The molecule has 6 nitrogen and oxygen atoms in total. The Morgan fingerprint density at radius 2 is 1.67 bits per heavy atom. The van der Waals surface area contributed by atoms with Gasteiger partial charge in [-0.25, -0.2) is 4.79 Å². The van der Waals surface area contributed by atoms with E-state index in [4.69, 9.17) is 25.8 Å². The fraction of sp³-hybridized carbons (Fsp3) is 0.391. The molecule has 1 N–H and O–H groups in total. The zero-order chi connectivity index (χ0) is 22.3. The third-order valence-corrected chi connectivity index (χ3v) is 4.54. The van der Waals surface area contributed by atoms with Crippen molar-refractivity contribution in [2.24, 2.45) is 0 Å². The van der Waals surface area contributed by atoms with Crippen LogP contribution in [0.15, 0.2) is 36.4 Å². The molecule has 0 radical (unpaired) electrons. The van der Waals surface area contributed by atoms with E-state index >= 15 is 0 Å². The molecule has 2 rings (SSSR count). The third-order valence-electron chi connectivity index (χ3n) is 4.33. The quantitative estimate of drug-likeness (QED) is 0.594. The van der Waals surface area contributed by atoms with Gasteiger partial charge in [0.25, 0.3) is 5.91 Å². The Kier molecular flexibility index (Phi) is 8.12. The SMILES string of the molecule is CCOC(=O)C(C)(C)Oc1ccc(CNC(=O)COc2c(C)cc(Cl)cc2C)cc1. The predicted octanol–water partition coefficient (Wildman–Crippen LogP) is 4.37. The summed E-state index contributed by atoms with van der Waals surface area (Å²) >= 11 is 6.01. The first-order valence-corrected chi connectivity index (χ1v) is 10.1. The molecule has 2 aromatic rings. The predicted molar refractivity (Wildman–Crippen MR) is 116 cm³/mol. The number of carbonyl (C=O) groups is 2. The first kappa shape index (κ1) is 23.5. The summed E-state index contributed by atoms with van der Waals surface area (Å²) < 4.78 is 16.4. The van der Waals surface area contributed by atoms with Gasteiger partial charge in [0.1, 0.15) is 11.5 Å². The van der Waals surface area contributed by atoms with Crippen molar-refractivity contribution in [2.45, 2.75) is 46.8 Å². The van der Waals surface area contributed by atoms with Crippen molar-refractivity contribution in [2.75, 3.05) is 13.2 Å². The van der Waals surface area contributed by atoms with Crippen LogP contribution in [0.1, 0.15) is 37.5 Å². The smallest absolute Gasteiger partial charge is 0.349 e. The first-order chi connectivity index (χ1) is 14.1. The summed E-state index contributed by atoms with van der Waals surface area (Å²) in [7, 11) is 0. The minimum Gasteiger partial charge on any atom is -0.483 e. The van der Waals surface area contributed by atoms with Crippen LogP contribution in [0.5, 0.6) is 11.5 Å². The average molecular weight is 434 g/mol. The summed E-state index contributed by atoms with van der Waals surface area (Å²) in [6.07, 6.45) is 0. The van der Waals surface area contributed by atoms with Gasteiger partial charge in [-0.15, -0.1) is 0 Å². The molecule has 0 bridgehead atoms. The molecule has 30 heavy (non-hydrogen) atoms. The number of esters is 1. The number of ether oxygens (including phenoxy) is 3. The van der Waals surface area contributed by atoms with E-state index < -0.39 is 11.6 Å². The van der Waals surface area contributed by atoms with Crippen molar-refractivity contribution in [3.8, 4) is 11.5 Å². The fourth-order valence-electron chi connectivity index (χ4n) is 2.83. The van der Waals surface area contributed by atoms with Crippen LogP contribution < -0.4 is 14.8 Å². The van der Waals surface area contributed by atoms with E-state index in [0.29, 0.717) is 29.7 Å². The molecule has 0 atom stereocenters. The van der Waals surface area contributed by atoms with Gasteiger partial charge in [0.15, 0.2) is 12.2 Å². The third kappa shape index (κ3) is 6.66. The molecule has 0 aliphatic rings. The highest BCUT2D eigenvalue weighted by Gasteiger charge is 2.31. The summed E-state index contributed by atoms with van der Waals surface area (Å²) in [5.74, 6) is 0.556. The Morgan fingerprint density at radius 3 is 2.23 bits per heavy atom. The summed E-state index contributed by atoms with van der Waals surface area (Å²) in [6, 6.07) is 10.7. The Hall–Kier alpha value is -2.73. The van der Waals surface area contributed by atoms with Crippen LogP contribution in [0.2, 0.25) is 5.02 Å². The fourth-order valence-corrected chi connectivity index (χ4v) is 3.16. The Morgan fingerprint density at radius 1 is 1.07 bits per heavy atom. The van der Waals surface area contributed by atoms with Gasteiger partial charge in [0.05, 0.1) is 6.61 Å². The van der Waals surface area contributed by atoms with E-state index in [1.807, 2.05) is 26.0 Å². The topological polar surface area (TPSA) is 73.9 Å². The molecule has 0 unspecified atom stereocenters. The molecule has 0 spiro atoms. The lowest BCUT2D eigenvalue weighted by Gasteiger charge is -2.24. The molecule has 0 saturated carbocycles. The van der Waals surface area contributed by atoms with Crippen molar-refractivity contribution in [3.05, 3.63) is 58.1 Å². The molecule has 0 heterocycles. The van der Waals surface area contributed by atoms with E-state index in [2.05, 4.69) is 5.32 Å². The molecule has 0 saturated heterocycles. The summed E-state index contributed by atoms with van der Waals surface area (Å²) in [4.78, 5) is 24.1. The molecule has 0 fully saturated rings. The molecule has 7 heteroatoms. The van der Waals surface area contributed by atoms with Crippen LogP contribution in [0.3, 0.4) is 0 Å². The van der Waals surface area contributed by atoms with Crippen LogP contribution >= 0.6 is 11.6 Å². The highest BCUT2D eigenvalue weighted by molar-refractivity contribution is 6.30. The number of rotatable bonds is 9. The Labute approximate surface area is 182 Å². The van der Waals surface area contributed by atoms with Crippen LogP contribution in [0.4, 0.5) is 0 Å². The normalized spacial score (nSPS) is 11.0. The highest BCUT2D eigenvalue weighted by Crippen LogP contribution is 2.27. The summed E-state index contributed by atoms with van der Waals surface area (Å²) in [5.41, 5.74) is 1.58. The van der Waals surface area contributed by atoms with Crippen molar-refractivity contribution in [1.29, 1.82) is 0 Å². The molecule has 2 aromatic carbocycles. The second kappa shape index (κ2) is 10.3. The lowest BCUT2D eigenvalue weighted by molar-refractivity contribution is -0.158. The first-order valence-electron chi connectivity index (χ1n) is 9.73. The lowest BCUT2D eigenvalue weighted by Crippen LogP contribution is -2.39. The Balaban J connectivity index is 1.85. The second-order valence-electron chi connectivity index (χ2n) is 7.41. The molecule has 0 aromatic heterocycles.